The lowest BCUT2D eigenvalue weighted by atomic mass is 9.99. The predicted octanol–water partition coefficient (Wildman–Crippen LogP) is 3.15. The fraction of sp³-hybridized carbons (Fsp3) is 0.235. The fourth-order valence-electron chi connectivity index (χ4n) is 2.76. The third-order valence-corrected chi connectivity index (χ3v) is 6.44. The first-order valence-corrected chi connectivity index (χ1v) is 9.79. The summed E-state index contributed by atoms with van der Waals surface area (Å²) in [5.41, 5.74) is 2.62. The van der Waals surface area contributed by atoms with Crippen LogP contribution in [-0.4, -0.2) is 25.8 Å². The summed E-state index contributed by atoms with van der Waals surface area (Å²) in [5.74, 6) is 0.0276. The van der Waals surface area contributed by atoms with Crippen molar-refractivity contribution in [1.29, 1.82) is 0 Å². The van der Waals surface area contributed by atoms with Gasteiger partial charge in [0, 0.05) is 30.2 Å². The standard InChI is InChI=1S/C17H17BrN2O3S/c1-12(21)20-9-8-13-6-7-15(10-14(13)11-20)19-24(22,23)17-5-3-2-4-16(17)18/h2-7,10,19H,8-9,11H2,1H3. The van der Waals surface area contributed by atoms with Gasteiger partial charge in [0.05, 0.1) is 0 Å². The van der Waals surface area contributed by atoms with Gasteiger partial charge in [0.25, 0.3) is 10.0 Å². The molecule has 0 saturated heterocycles. The number of rotatable bonds is 3. The molecule has 1 heterocycles. The lowest BCUT2D eigenvalue weighted by molar-refractivity contribution is -0.129. The number of carbonyl (C=O) groups is 1. The first kappa shape index (κ1) is 17.0. The minimum absolute atomic E-state index is 0.0276. The number of benzene rings is 2. The average molecular weight is 409 g/mol. The van der Waals surface area contributed by atoms with E-state index in [1.165, 1.54) is 0 Å². The van der Waals surface area contributed by atoms with Crippen LogP contribution in [0.3, 0.4) is 0 Å². The van der Waals surface area contributed by atoms with E-state index in [0.717, 1.165) is 17.5 Å². The quantitative estimate of drug-likeness (QED) is 0.847. The zero-order valence-electron chi connectivity index (χ0n) is 13.1. The van der Waals surface area contributed by atoms with Crippen molar-refractivity contribution in [3.63, 3.8) is 0 Å². The van der Waals surface area contributed by atoms with Gasteiger partial charge in [-0.25, -0.2) is 8.42 Å². The Kier molecular flexibility index (Phi) is 4.64. The molecule has 24 heavy (non-hydrogen) atoms. The summed E-state index contributed by atoms with van der Waals surface area (Å²) in [5, 5.41) is 0. The molecule has 0 aliphatic carbocycles. The molecule has 126 valence electrons. The highest BCUT2D eigenvalue weighted by Crippen LogP contribution is 2.27. The first-order valence-electron chi connectivity index (χ1n) is 7.51. The molecule has 0 saturated carbocycles. The van der Waals surface area contributed by atoms with Crippen LogP contribution in [0.4, 0.5) is 5.69 Å². The molecule has 0 atom stereocenters. The molecule has 0 aromatic heterocycles. The SMILES string of the molecule is CC(=O)N1CCc2ccc(NS(=O)(=O)c3ccccc3Br)cc2C1. The number of hydrogen-bond donors (Lipinski definition) is 1. The van der Waals surface area contributed by atoms with Crippen molar-refractivity contribution in [2.75, 3.05) is 11.3 Å². The van der Waals surface area contributed by atoms with Crippen molar-refractivity contribution >= 4 is 37.5 Å². The second-order valence-electron chi connectivity index (χ2n) is 5.71. The lowest BCUT2D eigenvalue weighted by Gasteiger charge is -2.28. The highest BCUT2D eigenvalue weighted by molar-refractivity contribution is 9.10. The monoisotopic (exact) mass is 408 g/mol. The smallest absolute Gasteiger partial charge is 0.263 e. The predicted molar refractivity (Wildman–Crippen MR) is 96.2 cm³/mol. The first-order chi connectivity index (χ1) is 11.4. The molecule has 3 rings (SSSR count). The van der Waals surface area contributed by atoms with Crippen LogP contribution in [0, 0.1) is 0 Å². The zero-order valence-corrected chi connectivity index (χ0v) is 15.5. The molecule has 0 fully saturated rings. The summed E-state index contributed by atoms with van der Waals surface area (Å²) in [6.45, 7) is 2.75. The summed E-state index contributed by atoms with van der Waals surface area (Å²) in [6.07, 6.45) is 0.784. The second-order valence-corrected chi connectivity index (χ2v) is 8.22. The molecule has 0 spiro atoms. The van der Waals surface area contributed by atoms with Crippen molar-refractivity contribution in [2.45, 2.75) is 24.8 Å². The molecule has 7 heteroatoms. The molecule has 2 aromatic rings. The third-order valence-electron chi connectivity index (χ3n) is 4.04. The zero-order chi connectivity index (χ0) is 17.3. The Bertz CT molecular complexity index is 896. The maximum absolute atomic E-state index is 12.6. The van der Waals surface area contributed by atoms with E-state index in [1.807, 2.05) is 6.07 Å². The number of nitrogens with zero attached hydrogens (tertiary/aromatic N) is 1. The van der Waals surface area contributed by atoms with E-state index < -0.39 is 10.0 Å². The van der Waals surface area contributed by atoms with Gasteiger partial charge in [0.15, 0.2) is 0 Å². The normalized spacial score (nSPS) is 14.2. The van der Waals surface area contributed by atoms with E-state index in [9.17, 15) is 13.2 Å². The summed E-state index contributed by atoms with van der Waals surface area (Å²) in [7, 11) is -3.68. The van der Waals surface area contributed by atoms with Crippen LogP contribution in [0.25, 0.3) is 0 Å². The van der Waals surface area contributed by atoms with Crippen molar-refractivity contribution < 1.29 is 13.2 Å². The molecule has 0 unspecified atom stereocenters. The number of fused-ring (bicyclic) bond motifs is 1. The van der Waals surface area contributed by atoms with Crippen molar-refractivity contribution in [3.8, 4) is 0 Å². The molecule has 1 aliphatic heterocycles. The lowest BCUT2D eigenvalue weighted by Crippen LogP contribution is -2.34. The van der Waals surface area contributed by atoms with Crippen molar-refractivity contribution in [1.82, 2.24) is 4.90 Å². The highest BCUT2D eigenvalue weighted by Gasteiger charge is 2.21. The van der Waals surface area contributed by atoms with Gasteiger partial charge in [-0.15, -0.1) is 0 Å². The Hall–Kier alpha value is -1.86. The Morgan fingerprint density at radius 3 is 2.62 bits per heavy atom. The maximum atomic E-state index is 12.6. The van der Waals surface area contributed by atoms with Crippen LogP contribution in [0.15, 0.2) is 51.8 Å². The summed E-state index contributed by atoms with van der Waals surface area (Å²) >= 11 is 3.27. The minimum atomic E-state index is -3.68. The van der Waals surface area contributed by atoms with Gasteiger partial charge in [0.1, 0.15) is 4.90 Å². The maximum Gasteiger partial charge on any atom is 0.263 e. The summed E-state index contributed by atoms with van der Waals surface area (Å²) < 4.78 is 28.2. The molecule has 0 radical (unpaired) electrons. The van der Waals surface area contributed by atoms with Crippen molar-refractivity contribution in [2.24, 2.45) is 0 Å². The number of anilines is 1. The van der Waals surface area contributed by atoms with Gasteiger partial charge in [0.2, 0.25) is 5.91 Å². The van der Waals surface area contributed by atoms with Gasteiger partial charge in [-0.05, 0) is 57.7 Å². The molecule has 0 bridgehead atoms. The molecule has 1 N–H and O–H groups in total. The van der Waals surface area contributed by atoms with E-state index in [0.29, 0.717) is 23.2 Å². The van der Waals surface area contributed by atoms with Crippen LogP contribution >= 0.6 is 15.9 Å². The van der Waals surface area contributed by atoms with Crippen LogP contribution in [0.2, 0.25) is 0 Å². The van der Waals surface area contributed by atoms with E-state index in [1.54, 1.807) is 48.2 Å². The molecular formula is C17H17BrN2O3S. The highest BCUT2D eigenvalue weighted by atomic mass is 79.9. The number of halogens is 1. The molecule has 1 amide bonds. The summed E-state index contributed by atoms with van der Waals surface area (Å²) in [4.78, 5) is 13.5. The summed E-state index contributed by atoms with van der Waals surface area (Å²) in [6, 6.07) is 12.2. The van der Waals surface area contributed by atoms with Gasteiger partial charge in [-0.2, -0.15) is 0 Å². The number of amides is 1. The third kappa shape index (κ3) is 3.47. The topological polar surface area (TPSA) is 66.5 Å². The Morgan fingerprint density at radius 1 is 1.17 bits per heavy atom. The van der Waals surface area contributed by atoms with Crippen molar-refractivity contribution in [3.05, 3.63) is 58.1 Å². The molecular weight excluding hydrogens is 392 g/mol. The van der Waals surface area contributed by atoms with Gasteiger partial charge >= 0.3 is 0 Å². The number of carbonyl (C=O) groups excluding carboxylic acids is 1. The van der Waals surface area contributed by atoms with E-state index in [-0.39, 0.29) is 10.8 Å². The number of nitrogens with one attached hydrogen (secondary N) is 1. The Balaban J connectivity index is 1.88. The molecule has 1 aliphatic rings. The van der Waals surface area contributed by atoms with Crippen LogP contribution in [0.5, 0.6) is 0 Å². The Labute approximate surface area is 149 Å². The molecule has 5 nitrogen and oxygen atoms in total. The number of hydrogen-bond acceptors (Lipinski definition) is 3. The van der Waals surface area contributed by atoms with E-state index >= 15 is 0 Å². The fourth-order valence-corrected chi connectivity index (χ4v) is 4.82. The van der Waals surface area contributed by atoms with E-state index in [4.69, 9.17) is 0 Å². The second kappa shape index (κ2) is 6.57. The van der Waals surface area contributed by atoms with Gasteiger partial charge in [-0.3, -0.25) is 9.52 Å². The Morgan fingerprint density at radius 2 is 1.92 bits per heavy atom. The van der Waals surface area contributed by atoms with E-state index in [2.05, 4.69) is 20.7 Å². The largest absolute Gasteiger partial charge is 0.338 e. The minimum Gasteiger partial charge on any atom is -0.338 e. The average Bonchev–Trinajstić information content (AvgIpc) is 2.54. The van der Waals surface area contributed by atoms with Crippen LogP contribution < -0.4 is 4.72 Å². The molecule has 2 aromatic carbocycles. The van der Waals surface area contributed by atoms with Gasteiger partial charge in [-0.1, -0.05) is 18.2 Å². The number of sulfonamides is 1. The van der Waals surface area contributed by atoms with Crippen LogP contribution in [-0.2, 0) is 27.8 Å². The van der Waals surface area contributed by atoms with Gasteiger partial charge < -0.3 is 4.90 Å². The van der Waals surface area contributed by atoms with Crippen LogP contribution in [0.1, 0.15) is 18.1 Å².